The van der Waals surface area contributed by atoms with E-state index in [1.807, 2.05) is 6.08 Å². The van der Waals surface area contributed by atoms with Gasteiger partial charge in [-0.25, -0.2) is 0 Å². The monoisotopic (exact) mass is 202 g/mol. The summed E-state index contributed by atoms with van der Waals surface area (Å²) in [7, 11) is 0. The number of primary amides is 1. The van der Waals surface area contributed by atoms with Crippen LogP contribution in [0.4, 0.5) is 0 Å². The van der Waals surface area contributed by atoms with Gasteiger partial charge in [0.2, 0.25) is 5.91 Å². The second-order valence-electron chi connectivity index (χ2n) is 3.34. The van der Waals surface area contributed by atoms with E-state index in [1.54, 1.807) is 0 Å². The summed E-state index contributed by atoms with van der Waals surface area (Å²) in [6.07, 6.45) is 3.67. The number of carbonyl (C=O) groups is 1. The topological polar surface area (TPSA) is 46.3 Å². The Labute approximate surface area is 83.5 Å². The molecule has 0 spiro atoms. The molecule has 0 unspecified atom stereocenters. The van der Waals surface area contributed by atoms with Crippen LogP contribution in [0.5, 0.6) is 0 Å². The molecule has 1 fully saturated rings. The molecule has 2 N–H and O–H groups in total. The summed E-state index contributed by atoms with van der Waals surface area (Å²) in [6.45, 7) is 2.75. The Balaban J connectivity index is 2.26. The minimum atomic E-state index is -0.160. The van der Waals surface area contributed by atoms with Crippen molar-refractivity contribution in [1.82, 2.24) is 4.90 Å². The summed E-state index contributed by atoms with van der Waals surface area (Å²) in [4.78, 5) is 13.1. The maximum atomic E-state index is 10.8. The van der Waals surface area contributed by atoms with Crippen LogP contribution in [0.15, 0.2) is 11.6 Å². The van der Waals surface area contributed by atoms with Crippen LogP contribution in [0.2, 0.25) is 0 Å². The number of carbonyl (C=O) groups excluding carboxylic acids is 1. The number of likely N-dealkylation sites (tertiary alicyclic amines) is 1. The second kappa shape index (κ2) is 5.25. The highest BCUT2D eigenvalue weighted by Crippen LogP contribution is 2.16. The molecule has 1 heterocycles. The number of hydrogen-bond donors (Lipinski definition) is 1. The summed E-state index contributed by atoms with van der Waals surface area (Å²) >= 11 is 5.42. The first kappa shape index (κ1) is 10.5. The molecule has 0 saturated carbocycles. The average Bonchev–Trinajstić information content (AvgIpc) is 2.15. The molecule has 74 valence electrons. The highest BCUT2D eigenvalue weighted by Gasteiger charge is 2.21. The number of rotatable bonds is 3. The van der Waals surface area contributed by atoms with E-state index < -0.39 is 0 Å². The third-order valence-corrected chi connectivity index (χ3v) is 2.62. The first-order chi connectivity index (χ1) is 6.24. The van der Waals surface area contributed by atoms with Crippen molar-refractivity contribution in [3.8, 4) is 0 Å². The van der Waals surface area contributed by atoms with Crippen LogP contribution in [0, 0.1) is 5.92 Å². The molecule has 1 amide bonds. The molecule has 0 atom stereocenters. The van der Waals surface area contributed by atoms with Gasteiger partial charge in [0, 0.05) is 18.0 Å². The molecular weight excluding hydrogens is 188 g/mol. The van der Waals surface area contributed by atoms with Gasteiger partial charge in [0.1, 0.15) is 0 Å². The van der Waals surface area contributed by atoms with E-state index in [1.165, 1.54) is 5.54 Å². The van der Waals surface area contributed by atoms with Crippen molar-refractivity contribution in [3.63, 3.8) is 0 Å². The van der Waals surface area contributed by atoms with Gasteiger partial charge < -0.3 is 5.73 Å². The van der Waals surface area contributed by atoms with Crippen LogP contribution >= 0.6 is 11.6 Å². The zero-order valence-corrected chi connectivity index (χ0v) is 8.33. The quantitative estimate of drug-likeness (QED) is 0.741. The van der Waals surface area contributed by atoms with E-state index in [0.29, 0.717) is 0 Å². The highest BCUT2D eigenvalue weighted by atomic mass is 35.5. The van der Waals surface area contributed by atoms with E-state index in [4.69, 9.17) is 17.3 Å². The number of nitrogens with two attached hydrogens (primary N) is 1. The standard InChI is InChI=1S/C9H15ClN2O/c10-4-1-5-12-6-2-8(3-7-12)9(11)13/h1,4,8H,2-3,5-7H2,(H2,11,13)/b4-1+. The minimum Gasteiger partial charge on any atom is -0.369 e. The summed E-state index contributed by atoms with van der Waals surface area (Å²) in [5, 5.41) is 0. The molecular formula is C9H15ClN2O. The van der Waals surface area contributed by atoms with Gasteiger partial charge in [0.05, 0.1) is 0 Å². The number of piperidine rings is 1. The fourth-order valence-corrected chi connectivity index (χ4v) is 1.67. The van der Waals surface area contributed by atoms with Gasteiger partial charge in [-0.3, -0.25) is 9.69 Å². The summed E-state index contributed by atoms with van der Waals surface area (Å²) < 4.78 is 0. The fraction of sp³-hybridized carbons (Fsp3) is 0.667. The maximum absolute atomic E-state index is 10.8. The smallest absolute Gasteiger partial charge is 0.220 e. The Bertz CT molecular complexity index is 198. The molecule has 0 radical (unpaired) electrons. The van der Waals surface area contributed by atoms with Crippen molar-refractivity contribution in [2.45, 2.75) is 12.8 Å². The van der Waals surface area contributed by atoms with Gasteiger partial charge in [0.15, 0.2) is 0 Å². The van der Waals surface area contributed by atoms with Crippen LogP contribution < -0.4 is 5.73 Å². The predicted molar refractivity (Wildman–Crippen MR) is 53.4 cm³/mol. The van der Waals surface area contributed by atoms with E-state index in [9.17, 15) is 4.79 Å². The van der Waals surface area contributed by atoms with Crippen molar-refractivity contribution in [1.29, 1.82) is 0 Å². The average molecular weight is 203 g/mol. The van der Waals surface area contributed by atoms with E-state index >= 15 is 0 Å². The molecule has 0 aromatic rings. The Morgan fingerprint density at radius 3 is 2.62 bits per heavy atom. The van der Waals surface area contributed by atoms with Gasteiger partial charge in [-0.15, -0.1) is 0 Å². The minimum absolute atomic E-state index is 0.0798. The summed E-state index contributed by atoms with van der Waals surface area (Å²) in [5.74, 6) is -0.0798. The maximum Gasteiger partial charge on any atom is 0.220 e. The van der Waals surface area contributed by atoms with Gasteiger partial charge >= 0.3 is 0 Å². The molecule has 1 rings (SSSR count). The third-order valence-electron chi connectivity index (χ3n) is 2.44. The van der Waals surface area contributed by atoms with Crippen LogP contribution in [0.25, 0.3) is 0 Å². The highest BCUT2D eigenvalue weighted by molar-refractivity contribution is 6.25. The predicted octanol–water partition coefficient (Wildman–Crippen LogP) is 0.936. The van der Waals surface area contributed by atoms with Gasteiger partial charge in [-0.05, 0) is 25.9 Å². The van der Waals surface area contributed by atoms with E-state index in [-0.39, 0.29) is 11.8 Å². The largest absolute Gasteiger partial charge is 0.369 e. The van der Waals surface area contributed by atoms with Crippen LogP contribution in [-0.2, 0) is 4.79 Å². The number of halogens is 1. The van der Waals surface area contributed by atoms with Crippen molar-refractivity contribution >= 4 is 17.5 Å². The van der Waals surface area contributed by atoms with Crippen molar-refractivity contribution in [2.24, 2.45) is 11.7 Å². The fourth-order valence-electron chi connectivity index (χ4n) is 1.59. The van der Waals surface area contributed by atoms with Crippen molar-refractivity contribution in [2.75, 3.05) is 19.6 Å². The molecule has 1 aliphatic rings. The number of nitrogens with zero attached hydrogens (tertiary/aromatic N) is 1. The zero-order valence-electron chi connectivity index (χ0n) is 7.58. The molecule has 0 aliphatic carbocycles. The van der Waals surface area contributed by atoms with Gasteiger partial charge in [-0.2, -0.15) is 0 Å². The molecule has 1 saturated heterocycles. The molecule has 4 heteroatoms. The lowest BCUT2D eigenvalue weighted by molar-refractivity contribution is -0.123. The summed E-state index contributed by atoms with van der Waals surface area (Å²) in [6, 6.07) is 0. The normalized spacial score (nSPS) is 21.0. The molecule has 0 aromatic heterocycles. The van der Waals surface area contributed by atoms with Gasteiger partial charge in [-0.1, -0.05) is 17.7 Å². The summed E-state index contributed by atoms with van der Waals surface area (Å²) in [5.41, 5.74) is 6.75. The third kappa shape index (κ3) is 3.36. The lowest BCUT2D eigenvalue weighted by Crippen LogP contribution is -2.38. The molecule has 3 nitrogen and oxygen atoms in total. The van der Waals surface area contributed by atoms with Gasteiger partial charge in [0.25, 0.3) is 0 Å². The van der Waals surface area contributed by atoms with Crippen molar-refractivity contribution in [3.05, 3.63) is 11.6 Å². The number of hydrogen-bond acceptors (Lipinski definition) is 2. The Morgan fingerprint density at radius 1 is 1.54 bits per heavy atom. The zero-order chi connectivity index (χ0) is 9.68. The second-order valence-corrected chi connectivity index (χ2v) is 3.59. The first-order valence-electron chi connectivity index (χ1n) is 4.51. The Hall–Kier alpha value is -0.540. The Kier molecular flexibility index (Phi) is 4.25. The van der Waals surface area contributed by atoms with Crippen LogP contribution in [0.3, 0.4) is 0 Å². The molecule has 1 aliphatic heterocycles. The first-order valence-corrected chi connectivity index (χ1v) is 4.94. The van der Waals surface area contributed by atoms with Crippen LogP contribution in [-0.4, -0.2) is 30.4 Å². The number of amides is 1. The molecule has 0 bridgehead atoms. The van der Waals surface area contributed by atoms with Crippen molar-refractivity contribution < 1.29 is 4.79 Å². The van der Waals surface area contributed by atoms with Crippen LogP contribution in [0.1, 0.15) is 12.8 Å². The SMILES string of the molecule is NC(=O)C1CCN(C/C=C/Cl)CC1. The lowest BCUT2D eigenvalue weighted by Gasteiger charge is -2.29. The van der Waals surface area contributed by atoms with E-state index in [2.05, 4.69) is 4.90 Å². The van der Waals surface area contributed by atoms with E-state index in [0.717, 1.165) is 32.5 Å². The Morgan fingerprint density at radius 2 is 2.15 bits per heavy atom. The molecule has 13 heavy (non-hydrogen) atoms. The molecule has 0 aromatic carbocycles. The lowest BCUT2D eigenvalue weighted by atomic mass is 9.96.